The smallest absolute Gasteiger partial charge is 0.320 e. The number of carboxylic acid groups (broad SMARTS) is 1. The molecular weight excluding hydrogens is 273 g/mol. The van der Waals surface area contributed by atoms with Crippen LogP contribution in [0.15, 0.2) is 18.2 Å². The molecule has 1 aliphatic rings. The molecule has 1 aromatic rings. The third kappa shape index (κ3) is 4.17. The van der Waals surface area contributed by atoms with E-state index in [1.807, 2.05) is 0 Å². The summed E-state index contributed by atoms with van der Waals surface area (Å²) >= 11 is 0. The van der Waals surface area contributed by atoms with E-state index < -0.39 is 17.8 Å². The Labute approximate surface area is 124 Å². The molecule has 0 unspecified atom stereocenters. The Balaban J connectivity index is 1.98. The number of ether oxygens (including phenoxy) is 1. The normalized spacial score (nSPS) is 17.4. The molecule has 1 aliphatic carbocycles. The number of halogens is 1. The van der Waals surface area contributed by atoms with Crippen molar-refractivity contribution in [1.29, 1.82) is 0 Å². The highest BCUT2D eigenvalue weighted by molar-refractivity contribution is 5.73. The molecule has 0 aliphatic heterocycles. The van der Waals surface area contributed by atoms with Crippen LogP contribution < -0.4 is 10.1 Å². The zero-order valence-corrected chi connectivity index (χ0v) is 12.3. The van der Waals surface area contributed by atoms with Gasteiger partial charge in [-0.05, 0) is 36.5 Å². The fourth-order valence-electron chi connectivity index (χ4n) is 2.97. The van der Waals surface area contributed by atoms with Crippen LogP contribution in [-0.2, 0) is 11.3 Å². The van der Waals surface area contributed by atoms with E-state index in [1.54, 1.807) is 12.1 Å². The molecule has 1 atom stereocenters. The molecular formula is C16H22FNO3. The number of rotatable bonds is 6. The Morgan fingerprint density at radius 1 is 1.43 bits per heavy atom. The minimum atomic E-state index is -0.823. The lowest BCUT2D eigenvalue weighted by Crippen LogP contribution is -2.43. The highest BCUT2D eigenvalue weighted by atomic mass is 19.1. The maximum Gasteiger partial charge on any atom is 0.320 e. The molecule has 116 valence electrons. The van der Waals surface area contributed by atoms with Crippen LogP contribution in [0.1, 0.15) is 37.7 Å². The van der Waals surface area contributed by atoms with Crippen LogP contribution in [-0.4, -0.2) is 24.2 Å². The minimum Gasteiger partial charge on any atom is -0.494 e. The Morgan fingerprint density at radius 2 is 2.14 bits per heavy atom. The zero-order valence-electron chi connectivity index (χ0n) is 12.3. The zero-order chi connectivity index (χ0) is 15.2. The first-order valence-corrected chi connectivity index (χ1v) is 7.40. The van der Waals surface area contributed by atoms with Crippen LogP contribution in [0, 0.1) is 11.7 Å². The number of methoxy groups -OCH3 is 1. The Bertz CT molecular complexity index is 486. The van der Waals surface area contributed by atoms with Crippen molar-refractivity contribution in [3.63, 3.8) is 0 Å². The third-order valence-corrected chi connectivity index (χ3v) is 4.13. The first-order chi connectivity index (χ1) is 10.1. The fourth-order valence-corrected chi connectivity index (χ4v) is 2.97. The maximum atomic E-state index is 13.6. The van der Waals surface area contributed by atoms with E-state index in [2.05, 4.69) is 5.32 Å². The van der Waals surface area contributed by atoms with Crippen LogP contribution in [0.5, 0.6) is 5.75 Å². The van der Waals surface area contributed by atoms with E-state index in [-0.39, 0.29) is 11.7 Å². The van der Waals surface area contributed by atoms with E-state index in [0.717, 1.165) is 31.2 Å². The summed E-state index contributed by atoms with van der Waals surface area (Å²) in [5.74, 6) is -0.891. The van der Waals surface area contributed by atoms with Gasteiger partial charge in [0.25, 0.3) is 0 Å². The molecule has 5 heteroatoms. The monoisotopic (exact) mass is 295 g/mol. The van der Waals surface area contributed by atoms with Crippen LogP contribution in [0.2, 0.25) is 0 Å². The molecule has 0 heterocycles. The van der Waals surface area contributed by atoms with E-state index in [1.165, 1.54) is 19.6 Å². The predicted octanol–water partition coefficient (Wildman–Crippen LogP) is 2.96. The van der Waals surface area contributed by atoms with Crippen molar-refractivity contribution in [3.05, 3.63) is 29.6 Å². The minimum absolute atomic E-state index is 0.166. The molecule has 0 amide bonds. The average molecular weight is 295 g/mol. The summed E-state index contributed by atoms with van der Waals surface area (Å²) in [6.07, 6.45) is 5.26. The van der Waals surface area contributed by atoms with Crippen molar-refractivity contribution in [3.8, 4) is 5.75 Å². The first-order valence-electron chi connectivity index (χ1n) is 7.40. The van der Waals surface area contributed by atoms with Gasteiger partial charge < -0.3 is 15.2 Å². The molecule has 1 aromatic carbocycles. The molecule has 0 saturated heterocycles. The van der Waals surface area contributed by atoms with Gasteiger partial charge in [-0.1, -0.05) is 25.3 Å². The van der Waals surface area contributed by atoms with Gasteiger partial charge in [-0.2, -0.15) is 0 Å². The molecule has 2 N–H and O–H groups in total. The second-order valence-corrected chi connectivity index (χ2v) is 5.56. The average Bonchev–Trinajstić information content (AvgIpc) is 2.48. The van der Waals surface area contributed by atoms with Crippen LogP contribution in [0.3, 0.4) is 0 Å². The topological polar surface area (TPSA) is 58.6 Å². The van der Waals surface area contributed by atoms with Gasteiger partial charge in [-0.15, -0.1) is 0 Å². The number of carboxylic acids is 1. The van der Waals surface area contributed by atoms with Crippen molar-refractivity contribution in [1.82, 2.24) is 5.32 Å². The molecule has 0 spiro atoms. The largest absolute Gasteiger partial charge is 0.494 e. The number of aliphatic carboxylic acids is 1. The molecule has 2 rings (SSSR count). The van der Waals surface area contributed by atoms with Crippen molar-refractivity contribution in [2.75, 3.05) is 7.11 Å². The van der Waals surface area contributed by atoms with Crippen molar-refractivity contribution in [2.45, 2.75) is 44.7 Å². The SMILES string of the molecule is COc1ccc(CN[C@H](C(=O)O)C2CCCCC2)cc1F. The van der Waals surface area contributed by atoms with Gasteiger partial charge in [0.05, 0.1) is 7.11 Å². The highest BCUT2D eigenvalue weighted by Crippen LogP contribution is 2.27. The number of nitrogens with one attached hydrogen (secondary N) is 1. The molecule has 21 heavy (non-hydrogen) atoms. The fraction of sp³-hybridized carbons (Fsp3) is 0.562. The lowest BCUT2D eigenvalue weighted by molar-refractivity contribution is -0.141. The summed E-state index contributed by atoms with van der Waals surface area (Å²) in [7, 11) is 1.42. The van der Waals surface area contributed by atoms with Gasteiger partial charge in [0.2, 0.25) is 0 Å². The van der Waals surface area contributed by atoms with E-state index in [4.69, 9.17) is 4.74 Å². The number of hydrogen-bond acceptors (Lipinski definition) is 3. The predicted molar refractivity (Wildman–Crippen MR) is 77.8 cm³/mol. The standard InChI is InChI=1S/C16H22FNO3/c1-21-14-8-7-11(9-13(14)17)10-18-15(16(19)20)12-5-3-2-4-6-12/h7-9,12,15,18H,2-6,10H2,1H3,(H,19,20)/t15-/m0/s1. The molecule has 0 bridgehead atoms. The van der Waals surface area contributed by atoms with E-state index in [9.17, 15) is 14.3 Å². The van der Waals surface area contributed by atoms with E-state index in [0.29, 0.717) is 6.54 Å². The Hall–Kier alpha value is -1.62. The molecule has 4 nitrogen and oxygen atoms in total. The second kappa shape index (κ2) is 7.41. The van der Waals surface area contributed by atoms with Crippen LogP contribution >= 0.6 is 0 Å². The summed E-state index contributed by atoms with van der Waals surface area (Å²) in [5, 5.41) is 12.4. The van der Waals surface area contributed by atoms with Gasteiger partial charge in [-0.25, -0.2) is 4.39 Å². The maximum absolute atomic E-state index is 13.6. The second-order valence-electron chi connectivity index (χ2n) is 5.56. The molecule has 0 radical (unpaired) electrons. The summed E-state index contributed by atoms with van der Waals surface area (Å²) in [6.45, 7) is 0.342. The van der Waals surface area contributed by atoms with Crippen molar-refractivity contribution in [2.24, 2.45) is 5.92 Å². The lowest BCUT2D eigenvalue weighted by Gasteiger charge is -2.28. The van der Waals surface area contributed by atoms with Gasteiger partial charge in [0.15, 0.2) is 11.6 Å². The summed E-state index contributed by atoms with van der Waals surface area (Å²) in [6, 6.07) is 4.12. The number of hydrogen-bond donors (Lipinski definition) is 2. The number of carbonyl (C=O) groups is 1. The molecule has 1 fully saturated rings. The van der Waals surface area contributed by atoms with Crippen LogP contribution in [0.4, 0.5) is 4.39 Å². The highest BCUT2D eigenvalue weighted by Gasteiger charge is 2.28. The summed E-state index contributed by atoms with van der Waals surface area (Å²) in [5.41, 5.74) is 0.718. The van der Waals surface area contributed by atoms with Gasteiger partial charge in [-0.3, -0.25) is 4.79 Å². The van der Waals surface area contributed by atoms with E-state index >= 15 is 0 Å². The van der Waals surface area contributed by atoms with Crippen molar-refractivity contribution >= 4 is 5.97 Å². The van der Waals surface area contributed by atoms with Gasteiger partial charge >= 0.3 is 5.97 Å². The number of benzene rings is 1. The Morgan fingerprint density at radius 3 is 2.71 bits per heavy atom. The molecule has 0 aromatic heterocycles. The lowest BCUT2D eigenvalue weighted by atomic mass is 9.84. The van der Waals surface area contributed by atoms with Gasteiger partial charge in [0, 0.05) is 6.54 Å². The third-order valence-electron chi connectivity index (χ3n) is 4.13. The van der Waals surface area contributed by atoms with Crippen molar-refractivity contribution < 1.29 is 19.0 Å². The summed E-state index contributed by atoms with van der Waals surface area (Å²) in [4.78, 5) is 11.4. The summed E-state index contributed by atoms with van der Waals surface area (Å²) < 4.78 is 18.5. The molecule has 1 saturated carbocycles. The Kier molecular flexibility index (Phi) is 5.56. The van der Waals surface area contributed by atoms with Crippen LogP contribution in [0.25, 0.3) is 0 Å². The quantitative estimate of drug-likeness (QED) is 0.847. The van der Waals surface area contributed by atoms with Gasteiger partial charge in [0.1, 0.15) is 6.04 Å². The first kappa shape index (κ1) is 15.8.